The number of unbranched alkanes of at least 4 members (excludes halogenated alkanes) is 7. The molecule has 1 unspecified atom stereocenters. The van der Waals surface area contributed by atoms with Crippen LogP contribution < -0.4 is 20.9 Å². The van der Waals surface area contributed by atoms with Crippen molar-refractivity contribution >= 4 is 65.5 Å². The molecule has 27 nitrogen and oxygen atoms in total. The van der Waals surface area contributed by atoms with Gasteiger partial charge in [0.2, 0.25) is 11.9 Å². The molecule has 0 saturated carbocycles. The number of nitrogens with one attached hydrogen (secondary N) is 3. The predicted molar refractivity (Wildman–Crippen MR) is 294 cm³/mol. The number of benzene rings is 1. The van der Waals surface area contributed by atoms with Crippen molar-refractivity contribution in [2.45, 2.75) is 140 Å². The summed E-state index contributed by atoms with van der Waals surface area (Å²) in [5.41, 5.74) is 1.79. The Morgan fingerprint density at radius 2 is 1.01 bits per heavy atom. The number of carboxylic acids is 7. The number of carbonyl (C=O) groups excluding carboxylic acids is 2. The first-order chi connectivity index (χ1) is 38.7. The van der Waals surface area contributed by atoms with Crippen LogP contribution in [0.4, 0.5) is 16.7 Å². The van der Waals surface area contributed by atoms with Gasteiger partial charge in [0.05, 0.1) is 26.2 Å². The molecule has 1 aromatic heterocycles. The number of hydrogen-bond donors (Lipinski definition) is 10. The van der Waals surface area contributed by atoms with Crippen LogP contribution in [0.5, 0.6) is 0 Å². The highest BCUT2D eigenvalue weighted by Crippen LogP contribution is 2.21. The number of nitrogens with zero attached hydrogens (tertiary/aromatic N) is 8. The SMILES string of the molecule is O=C(O)CC[C@H](NC(=O)N[C@@H](CCCCC(=O)CCCCCCCCCNc1nc(Cc2ccc(CC3CN(CC(=O)O)CCN(CC(=O)O)CCN(CC(=O)O)CCN3CC(=O)O)cc2)nc(N2CCCCC2)n1)C(=O)O)C(=O)O. The van der Waals surface area contributed by atoms with E-state index in [0.29, 0.717) is 56.4 Å². The highest BCUT2D eigenvalue weighted by atomic mass is 16.4. The lowest BCUT2D eigenvalue weighted by atomic mass is 10.0. The molecule has 27 heteroatoms. The molecule has 81 heavy (non-hydrogen) atoms. The smallest absolute Gasteiger partial charge is 0.326 e. The van der Waals surface area contributed by atoms with Crippen molar-refractivity contribution in [1.82, 2.24) is 45.2 Å². The summed E-state index contributed by atoms with van der Waals surface area (Å²) in [5.74, 6) is -6.54. The lowest BCUT2D eigenvalue weighted by Gasteiger charge is -2.37. The summed E-state index contributed by atoms with van der Waals surface area (Å²) in [4.78, 5) is 130. The molecule has 2 aliphatic heterocycles. The summed E-state index contributed by atoms with van der Waals surface area (Å²) in [7, 11) is 0. The second-order valence-electron chi connectivity index (χ2n) is 20.9. The lowest BCUT2D eigenvalue weighted by molar-refractivity contribution is -0.142. The third-order valence-electron chi connectivity index (χ3n) is 14.2. The van der Waals surface area contributed by atoms with E-state index in [4.69, 9.17) is 20.1 Å². The van der Waals surface area contributed by atoms with Crippen molar-refractivity contribution in [2.24, 2.45) is 0 Å². The third-order valence-corrected chi connectivity index (χ3v) is 14.2. The Morgan fingerprint density at radius 3 is 1.58 bits per heavy atom. The summed E-state index contributed by atoms with van der Waals surface area (Å²) in [5, 5.41) is 74.3. The summed E-state index contributed by atoms with van der Waals surface area (Å²) in [6, 6.07) is 3.46. The van der Waals surface area contributed by atoms with E-state index in [9.17, 15) is 73.8 Å². The van der Waals surface area contributed by atoms with E-state index in [1.54, 1.807) is 19.6 Å². The molecule has 3 atom stereocenters. The van der Waals surface area contributed by atoms with Gasteiger partial charge in [0.1, 0.15) is 23.7 Å². The number of rotatable bonds is 36. The first-order valence-electron chi connectivity index (χ1n) is 28.1. The lowest BCUT2D eigenvalue weighted by Crippen LogP contribution is -2.53. The topological polar surface area (TPSA) is 386 Å². The summed E-state index contributed by atoms with van der Waals surface area (Å²) in [6.45, 7) is 2.36. The van der Waals surface area contributed by atoms with Crippen LogP contribution in [0.1, 0.15) is 126 Å². The number of carboxylic acid groups (broad SMARTS) is 7. The van der Waals surface area contributed by atoms with Crippen LogP contribution >= 0.6 is 0 Å². The van der Waals surface area contributed by atoms with E-state index in [1.165, 1.54) is 0 Å². The number of hydrogen-bond acceptors (Lipinski definition) is 18. The maximum atomic E-state index is 12.5. The maximum Gasteiger partial charge on any atom is 0.326 e. The summed E-state index contributed by atoms with van der Waals surface area (Å²) < 4.78 is 0. The second kappa shape index (κ2) is 36.3. The van der Waals surface area contributed by atoms with E-state index in [2.05, 4.69) is 20.9 Å². The van der Waals surface area contributed by atoms with Gasteiger partial charge in [0, 0.05) is 97.2 Å². The molecule has 0 spiro atoms. The van der Waals surface area contributed by atoms with Crippen molar-refractivity contribution in [2.75, 3.05) is 102 Å². The van der Waals surface area contributed by atoms with E-state index < -0.39 is 72.4 Å². The Labute approximate surface area is 471 Å². The average molecular weight is 1140 g/mol. The largest absolute Gasteiger partial charge is 0.481 e. The summed E-state index contributed by atoms with van der Waals surface area (Å²) in [6.07, 6.45) is 11.1. The standard InChI is InChI=1S/C54H83N11O16/c66-41(14-8-9-15-42(50(77)78)56-54(81)57-43(51(79)80)20-21-45(67)68)13-7-4-2-1-3-5-10-22-55-52-58-44(59-53(60-52)64-23-11-6-12-24-64)32-39-18-16-38(17-19-39)31-40-33-63(36-48(73)74)28-27-61(34-46(69)70)25-26-62(35-47(71)72)29-30-65(40)37-49(75)76/h16-19,40,42-43H,1-15,20-37H2,(H,67,68)(H,69,70)(H,71,72)(H,73,74)(H,75,76)(H,77,78)(H,79,80)(H2,56,57,81)(H,55,58,59,60)/t40?,42-,43-/m0/s1. The summed E-state index contributed by atoms with van der Waals surface area (Å²) >= 11 is 0. The second-order valence-corrected chi connectivity index (χ2v) is 20.9. The minimum atomic E-state index is -1.50. The normalized spacial score (nSPS) is 16.9. The van der Waals surface area contributed by atoms with Gasteiger partial charge in [0.15, 0.2) is 0 Å². The van der Waals surface area contributed by atoms with Gasteiger partial charge in [-0.25, -0.2) is 14.4 Å². The number of urea groups is 1. The molecule has 2 aliphatic rings. The molecule has 4 rings (SSSR count). The zero-order valence-corrected chi connectivity index (χ0v) is 46.3. The monoisotopic (exact) mass is 1140 g/mol. The molecule has 0 bridgehead atoms. The zero-order valence-electron chi connectivity index (χ0n) is 46.3. The number of carbonyl (C=O) groups is 9. The van der Waals surface area contributed by atoms with Gasteiger partial charge in [-0.15, -0.1) is 0 Å². The van der Waals surface area contributed by atoms with Crippen molar-refractivity contribution in [3.8, 4) is 0 Å². The van der Waals surface area contributed by atoms with E-state index >= 15 is 0 Å². The van der Waals surface area contributed by atoms with Gasteiger partial charge < -0.3 is 56.6 Å². The van der Waals surface area contributed by atoms with Gasteiger partial charge in [0.25, 0.3) is 0 Å². The highest BCUT2D eigenvalue weighted by molar-refractivity contribution is 5.86. The van der Waals surface area contributed by atoms with Crippen LogP contribution in [-0.4, -0.2) is 234 Å². The predicted octanol–water partition coefficient (Wildman–Crippen LogP) is 2.66. The first kappa shape index (κ1) is 66.4. The van der Waals surface area contributed by atoms with Crippen LogP contribution in [0.25, 0.3) is 0 Å². The third kappa shape index (κ3) is 27.8. The van der Waals surface area contributed by atoms with Gasteiger partial charge in [-0.1, -0.05) is 62.8 Å². The Morgan fingerprint density at radius 1 is 0.506 bits per heavy atom. The number of piperidine rings is 1. The number of amides is 2. The van der Waals surface area contributed by atoms with E-state index in [0.717, 1.165) is 88.4 Å². The number of ketones is 1. The molecular formula is C54H83N11O16. The number of aliphatic carboxylic acids is 7. The van der Waals surface area contributed by atoms with Gasteiger partial charge >= 0.3 is 47.8 Å². The quantitative estimate of drug-likeness (QED) is 0.0438. The molecule has 2 fully saturated rings. The van der Waals surface area contributed by atoms with Crippen molar-refractivity contribution in [1.29, 1.82) is 0 Å². The molecule has 2 amide bonds. The van der Waals surface area contributed by atoms with Crippen LogP contribution in [0.15, 0.2) is 24.3 Å². The fraction of sp³-hybridized carbons (Fsp3) is 0.667. The zero-order chi connectivity index (χ0) is 59.1. The minimum Gasteiger partial charge on any atom is -0.481 e. The minimum absolute atomic E-state index is 0.0280. The average Bonchev–Trinajstić information content (AvgIpc) is 3.40. The molecule has 1 aromatic carbocycles. The van der Waals surface area contributed by atoms with Crippen molar-refractivity contribution < 1.29 is 78.9 Å². The highest BCUT2D eigenvalue weighted by Gasteiger charge is 2.29. The first-order valence-corrected chi connectivity index (χ1v) is 28.1. The van der Waals surface area contributed by atoms with Crippen molar-refractivity contribution in [3.63, 3.8) is 0 Å². The van der Waals surface area contributed by atoms with Gasteiger partial charge in [-0.2, -0.15) is 15.0 Å². The Balaban J connectivity index is 1.26. The van der Waals surface area contributed by atoms with Crippen molar-refractivity contribution in [3.05, 3.63) is 41.2 Å². The number of anilines is 2. The molecule has 2 aromatic rings. The number of Topliss-reactive ketones (excluding diaryl/α,β-unsaturated/α-hetero) is 1. The molecule has 10 N–H and O–H groups in total. The van der Waals surface area contributed by atoms with E-state index in [-0.39, 0.29) is 97.0 Å². The Hall–Kier alpha value is -7.10. The van der Waals surface area contributed by atoms with Crippen LogP contribution in [0.3, 0.4) is 0 Å². The Bertz CT molecular complexity index is 2360. The van der Waals surface area contributed by atoms with E-state index in [1.807, 2.05) is 24.3 Å². The number of aromatic nitrogens is 3. The molecule has 3 heterocycles. The molecule has 0 aliphatic carbocycles. The van der Waals surface area contributed by atoms with Gasteiger partial charge in [-0.05, 0) is 68.9 Å². The van der Waals surface area contributed by atoms with Crippen LogP contribution in [-0.2, 0) is 51.2 Å². The fourth-order valence-corrected chi connectivity index (χ4v) is 9.87. The molecule has 450 valence electrons. The fourth-order valence-electron chi connectivity index (χ4n) is 9.87. The van der Waals surface area contributed by atoms with Gasteiger partial charge in [-0.3, -0.25) is 48.4 Å². The van der Waals surface area contributed by atoms with Crippen LogP contribution in [0, 0.1) is 0 Å². The molecule has 0 radical (unpaired) electrons. The van der Waals surface area contributed by atoms with Crippen LogP contribution in [0.2, 0.25) is 0 Å². The molecule has 2 saturated heterocycles. The maximum absolute atomic E-state index is 12.5. The Kier molecular flexibility index (Phi) is 29.8. The molecular weight excluding hydrogens is 1060 g/mol.